The fourth-order valence-corrected chi connectivity index (χ4v) is 2.42. The maximum Gasteiger partial charge on any atom is 0.172 e. The summed E-state index contributed by atoms with van der Waals surface area (Å²) < 4.78 is 5.27. The Bertz CT molecular complexity index is 811. The van der Waals surface area contributed by atoms with Gasteiger partial charge in [0, 0.05) is 11.5 Å². The molecule has 1 aromatic carbocycles. The Morgan fingerprint density at radius 1 is 1.18 bits per heavy atom. The lowest BCUT2D eigenvalue weighted by molar-refractivity contribution is 0.415. The molecule has 0 aliphatic carbocycles. The Balaban J connectivity index is 1.93. The Hall–Kier alpha value is -2.63. The molecule has 0 saturated carbocycles. The van der Waals surface area contributed by atoms with Gasteiger partial charge in [0.25, 0.3) is 0 Å². The normalized spacial score (nSPS) is 12.4. The molecule has 0 fully saturated rings. The third-order valence-corrected chi connectivity index (χ3v) is 3.59. The van der Waals surface area contributed by atoms with Crippen molar-refractivity contribution in [3.63, 3.8) is 0 Å². The predicted octanol–water partition coefficient (Wildman–Crippen LogP) is 3.15. The first-order chi connectivity index (χ1) is 10.6. The monoisotopic (exact) mass is 297 g/mol. The summed E-state index contributed by atoms with van der Waals surface area (Å²) >= 11 is 0. The number of benzene rings is 1. The number of nitrogens with one attached hydrogen (secondary N) is 2. The minimum Gasteiger partial charge on any atom is -0.497 e. The molecular weight excluding hydrogens is 278 g/mol. The van der Waals surface area contributed by atoms with Gasteiger partial charge in [-0.25, -0.2) is 9.97 Å². The van der Waals surface area contributed by atoms with Crippen LogP contribution >= 0.6 is 0 Å². The van der Waals surface area contributed by atoms with E-state index in [0.717, 1.165) is 39.7 Å². The smallest absolute Gasteiger partial charge is 0.172 e. The van der Waals surface area contributed by atoms with Gasteiger partial charge in [-0.2, -0.15) is 5.10 Å². The molecule has 0 aliphatic heterocycles. The predicted molar refractivity (Wildman–Crippen MR) is 86.2 cm³/mol. The molecule has 2 N–H and O–H groups in total. The molecule has 1 unspecified atom stereocenters. The zero-order valence-corrected chi connectivity index (χ0v) is 13.1. The van der Waals surface area contributed by atoms with Gasteiger partial charge in [0.05, 0.1) is 18.7 Å². The average Bonchev–Trinajstić information content (AvgIpc) is 2.93. The lowest BCUT2D eigenvalue weighted by Gasteiger charge is -2.13. The number of aromatic nitrogens is 4. The van der Waals surface area contributed by atoms with Crippen LogP contribution in [0.15, 0.2) is 24.3 Å². The molecule has 0 amide bonds. The van der Waals surface area contributed by atoms with E-state index in [4.69, 9.17) is 4.74 Å². The van der Waals surface area contributed by atoms with Gasteiger partial charge >= 0.3 is 0 Å². The summed E-state index contributed by atoms with van der Waals surface area (Å²) in [5, 5.41) is 11.5. The molecule has 3 rings (SSSR count). The SMILES string of the molecule is COc1ccc2c(C)cc(NC(C)c3n[nH]c(C)n3)nc2c1. The number of hydrogen-bond donors (Lipinski definition) is 2. The molecule has 0 spiro atoms. The maximum absolute atomic E-state index is 5.27. The Morgan fingerprint density at radius 3 is 2.68 bits per heavy atom. The molecule has 6 nitrogen and oxygen atoms in total. The molecule has 3 aromatic rings. The van der Waals surface area contributed by atoms with Crippen LogP contribution in [0.5, 0.6) is 5.75 Å². The van der Waals surface area contributed by atoms with Crippen LogP contribution < -0.4 is 10.1 Å². The molecule has 0 aliphatic rings. The quantitative estimate of drug-likeness (QED) is 0.773. The van der Waals surface area contributed by atoms with E-state index in [1.807, 2.05) is 38.1 Å². The van der Waals surface area contributed by atoms with Gasteiger partial charge in [-0.1, -0.05) is 0 Å². The molecule has 6 heteroatoms. The van der Waals surface area contributed by atoms with Gasteiger partial charge in [-0.05, 0) is 44.5 Å². The topological polar surface area (TPSA) is 75.7 Å². The van der Waals surface area contributed by atoms with E-state index in [1.165, 1.54) is 0 Å². The molecule has 0 bridgehead atoms. The lowest BCUT2D eigenvalue weighted by Crippen LogP contribution is -2.10. The zero-order valence-electron chi connectivity index (χ0n) is 13.1. The van der Waals surface area contributed by atoms with Crippen molar-refractivity contribution in [2.45, 2.75) is 26.8 Å². The molecule has 114 valence electrons. The van der Waals surface area contributed by atoms with E-state index >= 15 is 0 Å². The summed E-state index contributed by atoms with van der Waals surface area (Å²) in [4.78, 5) is 9.00. The van der Waals surface area contributed by atoms with Crippen LogP contribution in [0, 0.1) is 13.8 Å². The number of fused-ring (bicyclic) bond motifs is 1. The minimum atomic E-state index is -0.0279. The lowest BCUT2D eigenvalue weighted by atomic mass is 10.1. The molecule has 1 atom stereocenters. The highest BCUT2D eigenvalue weighted by molar-refractivity contribution is 5.85. The summed E-state index contributed by atoms with van der Waals surface area (Å²) in [5.74, 6) is 3.13. The number of nitrogens with zero attached hydrogens (tertiary/aromatic N) is 3. The van der Waals surface area contributed by atoms with E-state index in [1.54, 1.807) is 7.11 Å². The number of ether oxygens (including phenoxy) is 1. The van der Waals surface area contributed by atoms with Gasteiger partial charge < -0.3 is 10.1 Å². The molecule has 22 heavy (non-hydrogen) atoms. The average molecular weight is 297 g/mol. The zero-order chi connectivity index (χ0) is 15.7. The number of anilines is 1. The number of hydrogen-bond acceptors (Lipinski definition) is 5. The van der Waals surface area contributed by atoms with Gasteiger partial charge in [0.15, 0.2) is 5.82 Å². The molecular formula is C16H19N5O. The fourth-order valence-electron chi connectivity index (χ4n) is 2.42. The third kappa shape index (κ3) is 2.72. The summed E-state index contributed by atoms with van der Waals surface area (Å²) in [5.41, 5.74) is 2.06. The minimum absolute atomic E-state index is 0.0279. The van der Waals surface area contributed by atoms with Crippen molar-refractivity contribution in [1.29, 1.82) is 0 Å². The van der Waals surface area contributed by atoms with E-state index in [-0.39, 0.29) is 6.04 Å². The van der Waals surface area contributed by atoms with E-state index in [2.05, 4.69) is 32.4 Å². The van der Waals surface area contributed by atoms with Gasteiger partial charge in [0.2, 0.25) is 0 Å². The van der Waals surface area contributed by atoms with Crippen LogP contribution in [0.4, 0.5) is 5.82 Å². The number of pyridine rings is 1. The summed E-state index contributed by atoms with van der Waals surface area (Å²) in [7, 11) is 1.66. The Labute approximate surface area is 128 Å². The van der Waals surface area contributed by atoms with Crippen molar-refractivity contribution >= 4 is 16.7 Å². The second kappa shape index (κ2) is 5.63. The van der Waals surface area contributed by atoms with Crippen LogP contribution in [-0.2, 0) is 0 Å². The summed E-state index contributed by atoms with van der Waals surface area (Å²) in [6.45, 7) is 5.96. The van der Waals surface area contributed by atoms with Crippen molar-refractivity contribution in [3.05, 3.63) is 41.5 Å². The van der Waals surface area contributed by atoms with Crippen LogP contribution in [0.25, 0.3) is 10.9 Å². The van der Waals surface area contributed by atoms with Crippen molar-refractivity contribution in [2.24, 2.45) is 0 Å². The van der Waals surface area contributed by atoms with Crippen molar-refractivity contribution in [2.75, 3.05) is 12.4 Å². The first-order valence-corrected chi connectivity index (χ1v) is 7.17. The fraction of sp³-hybridized carbons (Fsp3) is 0.312. The van der Waals surface area contributed by atoms with Gasteiger partial charge in [0.1, 0.15) is 17.4 Å². The highest BCUT2D eigenvalue weighted by atomic mass is 16.5. The standard InChI is InChI=1S/C16H19N5O/c1-9-7-15(17-10(2)16-18-11(3)20-21-16)19-14-8-12(22-4)5-6-13(9)14/h5-8,10H,1-4H3,(H,17,19)(H,18,20,21). The first kappa shape index (κ1) is 14.3. The number of H-pyrrole nitrogens is 1. The largest absolute Gasteiger partial charge is 0.497 e. The molecule has 0 saturated heterocycles. The second-order valence-electron chi connectivity index (χ2n) is 5.35. The number of rotatable bonds is 4. The van der Waals surface area contributed by atoms with Crippen LogP contribution in [0.3, 0.4) is 0 Å². The van der Waals surface area contributed by atoms with Gasteiger partial charge in [-0.3, -0.25) is 5.10 Å². The van der Waals surface area contributed by atoms with Crippen LogP contribution in [-0.4, -0.2) is 27.3 Å². The number of methoxy groups -OCH3 is 1. The summed E-state index contributed by atoms with van der Waals surface area (Å²) in [6.07, 6.45) is 0. The van der Waals surface area contributed by atoms with Crippen molar-refractivity contribution in [1.82, 2.24) is 20.2 Å². The highest BCUT2D eigenvalue weighted by Crippen LogP contribution is 2.25. The van der Waals surface area contributed by atoms with Crippen molar-refractivity contribution < 1.29 is 4.74 Å². The summed E-state index contributed by atoms with van der Waals surface area (Å²) in [6, 6.07) is 7.92. The Morgan fingerprint density at radius 2 is 2.00 bits per heavy atom. The second-order valence-corrected chi connectivity index (χ2v) is 5.35. The third-order valence-electron chi connectivity index (χ3n) is 3.59. The molecule has 0 radical (unpaired) electrons. The number of aryl methyl sites for hydroxylation is 2. The van der Waals surface area contributed by atoms with Crippen LogP contribution in [0.1, 0.15) is 30.2 Å². The van der Waals surface area contributed by atoms with Crippen LogP contribution in [0.2, 0.25) is 0 Å². The first-order valence-electron chi connectivity index (χ1n) is 7.17. The maximum atomic E-state index is 5.27. The molecule has 2 aromatic heterocycles. The Kier molecular flexibility index (Phi) is 3.66. The number of aromatic amines is 1. The van der Waals surface area contributed by atoms with Crippen molar-refractivity contribution in [3.8, 4) is 5.75 Å². The highest BCUT2D eigenvalue weighted by Gasteiger charge is 2.12. The van der Waals surface area contributed by atoms with Gasteiger partial charge in [-0.15, -0.1) is 0 Å². The van der Waals surface area contributed by atoms with E-state index < -0.39 is 0 Å². The van der Waals surface area contributed by atoms with E-state index in [0.29, 0.717) is 0 Å². The van der Waals surface area contributed by atoms with E-state index in [9.17, 15) is 0 Å². The molecule has 2 heterocycles.